The first kappa shape index (κ1) is 18.1. The van der Waals surface area contributed by atoms with Crippen molar-refractivity contribution in [3.63, 3.8) is 0 Å². The van der Waals surface area contributed by atoms with Crippen LogP contribution in [0.2, 0.25) is 5.02 Å². The Bertz CT molecular complexity index is 642. The highest BCUT2D eigenvalue weighted by Gasteiger charge is 2.22. The zero-order chi connectivity index (χ0) is 17.5. The van der Waals surface area contributed by atoms with Crippen molar-refractivity contribution >= 4 is 29.5 Å². The maximum Gasteiger partial charge on any atom is 0.244 e. The maximum atomic E-state index is 11.8. The Kier molecular flexibility index (Phi) is 6.49. The fourth-order valence-corrected chi connectivity index (χ4v) is 2.35. The van der Waals surface area contributed by atoms with Gasteiger partial charge in [-0.3, -0.25) is 9.59 Å². The fraction of sp³-hybridized carbons (Fsp3) is 0.412. The summed E-state index contributed by atoms with van der Waals surface area (Å²) < 4.78 is 10.7. The zero-order valence-electron chi connectivity index (χ0n) is 13.7. The predicted octanol–water partition coefficient (Wildman–Crippen LogP) is 2.16. The van der Waals surface area contributed by atoms with Gasteiger partial charge in [-0.15, -0.1) is 0 Å². The van der Waals surface area contributed by atoms with Crippen LogP contribution in [0.4, 0.5) is 0 Å². The van der Waals surface area contributed by atoms with E-state index in [1.165, 1.54) is 13.2 Å². The van der Waals surface area contributed by atoms with E-state index in [1.807, 2.05) is 6.92 Å². The lowest BCUT2D eigenvalue weighted by atomic mass is 10.2. The molecule has 0 heterocycles. The molecule has 1 aromatic carbocycles. The molecule has 0 bridgehead atoms. The molecule has 1 aliphatic carbocycles. The van der Waals surface area contributed by atoms with Crippen LogP contribution < -0.4 is 20.1 Å². The van der Waals surface area contributed by atoms with Gasteiger partial charge in [0.25, 0.3) is 0 Å². The predicted molar refractivity (Wildman–Crippen MR) is 92.4 cm³/mol. The van der Waals surface area contributed by atoms with Crippen molar-refractivity contribution in [2.45, 2.75) is 25.8 Å². The van der Waals surface area contributed by atoms with Crippen molar-refractivity contribution in [3.05, 3.63) is 28.8 Å². The minimum absolute atomic E-state index is 0.0345. The lowest BCUT2D eigenvalue weighted by molar-refractivity contribution is -0.124. The molecule has 7 heteroatoms. The van der Waals surface area contributed by atoms with Gasteiger partial charge >= 0.3 is 0 Å². The molecule has 0 spiro atoms. The molecule has 0 unspecified atom stereocenters. The molecule has 0 aromatic heterocycles. The molecule has 24 heavy (non-hydrogen) atoms. The summed E-state index contributed by atoms with van der Waals surface area (Å²) in [4.78, 5) is 23.3. The molecule has 2 amide bonds. The highest BCUT2D eigenvalue weighted by molar-refractivity contribution is 6.32. The van der Waals surface area contributed by atoms with Crippen LogP contribution in [0.5, 0.6) is 11.5 Å². The van der Waals surface area contributed by atoms with Crippen LogP contribution in [-0.4, -0.2) is 38.1 Å². The number of ether oxygens (including phenoxy) is 2. The van der Waals surface area contributed by atoms with E-state index in [9.17, 15) is 9.59 Å². The van der Waals surface area contributed by atoms with E-state index >= 15 is 0 Å². The van der Waals surface area contributed by atoms with E-state index in [1.54, 1.807) is 18.2 Å². The van der Waals surface area contributed by atoms with E-state index in [2.05, 4.69) is 10.6 Å². The smallest absolute Gasteiger partial charge is 0.244 e. The molecule has 0 aliphatic heterocycles. The van der Waals surface area contributed by atoms with E-state index in [0.717, 1.165) is 12.8 Å². The van der Waals surface area contributed by atoms with Gasteiger partial charge in [-0.2, -0.15) is 0 Å². The number of carbonyl (C=O) groups excluding carboxylic acids is 2. The van der Waals surface area contributed by atoms with E-state index < -0.39 is 0 Å². The average molecular weight is 353 g/mol. The first-order valence-corrected chi connectivity index (χ1v) is 8.17. The Morgan fingerprint density at radius 3 is 2.75 bits per heavy atom. The SMILES string of the molecule is CCOc1cc(/C=C/C(=O)NCC(=O)NC2CC2)cc(Cl)c1OC. The number of nitrogens with one attached hydrogen (secondary N) is 2. The molecule has 0 saturated heterocycles. The normalized spacial score (nSPS) is 13.6. The minimum atomic E-state index is -0.356. The lowest BCUT2D eigenvalue weighted by Gasteiger charge is -2.11. The van der Waals surface area contributed by atoms with Gasteiger partial charge in [0, 0.05) is 12.1 Å². The van der Waals surface area contributed by atoms with Crippen molar-refractivity contribution in [1.82, 2.24) is 10.6 Å². The van der Waals surface area contributed by atoms with Crippen LogP contribution in [0.3, 0.4) is 0 Å². The Morgan fingerprint density at radius 1 is 1.38 bits per heavy atom. The third kappa shape index (κ3) is 5.45. The molecule has 1 aromatic rings. The largest absolute Gasteiger partial charge is 0.491 e. The summed E-state index contributed by atoms with van der Waals surface area (Å²) in [6, 6.07) is 3.69. The van der Waals surface area contributed by atoms with Gasteiger partial charge in [0.15, 0.2) is 11.5 Å². The van der Waals surface area contributed by atoms with Crippen molar-refractivity contribution in [2.75, 3.05) is 20.3 Å². The standard InChI is InChI=1S/C17H21ClN2O4/c1-3-24-14-9-11(8-13(18)17(14)23-2)4-7-15(21)19-10-16(22)20-12-5-6-12/h4,7-9,12H,3,5-6,10H2,1-2H3,(H,19,21)(H,20,22)/b7-4+. The Labute approximate surface area is 146 Å². The quantitative estimate of drug-likeness (QED) is 0.703. The molecule has 6 nitrogen and oxygen atoms in total. The van der Waals surface area contributed by atoms with Gasteiger partial charge in [0.1, 0.15) is 0 Å². The molecule has 2 N–H and O–H groups in total. The summed E-state index contributed by atoms with van der Waals surface area (Å²) in [6.45, 7) is 2.29. The maximum absolute atomic E-state index is 11.8. The molecule has 2 rings (SSSR count). The number of halogens is 1. The third-order valence-electron chi connectivity index (χ3n) is 3.33. The number of benzene rings is 1. The number of amides is 2. The van der Waals surface area contributed by atoms with Crippen molar-refractivity contribution in [2.24, 2.45) is 0 Å². The van der Waals surface area contributed by atoms with Gasteiger partial charge in [0.2, 0.25) is 11.8 Å². The second-order valence-corrected chi connectivity index (χ2v) is 5.77. The topological polar surface area (TPSA) is 76.7 Å². The summed E-state index contributed by atoms with van der Waals surface area (Å²) in [5, 5.41) is 5.73. The number of hydrogen-bond donors (Lipinski definition) is 2. The van der Waals surface area contributed by atoms with E-state index in [4.69, 9.17) is 21.1 Å². The van der Waals surface area contributed by atoms with Gasteiger partial charge in [-0.25, -0.2) is 0 Å². The number of hydrogen-bond acceptors (Lipinski definition) is 4. The summed E-state index contributed by atoms with van der Waals surface area (Å²) in [5.41, 5.74) is 0.696. The van der Waals surface area contributed by atoms with Gasteiger partial charge in [-0.1, -0.05) is 11.6 Å². The summed E-state index contributed by atoms with van der Waals surface area (Å²) in [7, 11) is 1.51. The van der Waals surface area contributed by atoms with Gasteiger partial charge in [-0.05, 0) is 43.5 Å². The monoisotopic (exact) mass is 352 g/mol. The Hall–Kier alpha value is -2.21. The first-order chi connectivity index (χ1) is 11.5. The first-order valence-electron chi connectivity index (χ1n) is 7.79. The molecule has 1 saturated carbocycles. The Balaban J connectivity index is 1.94. The van der Waals surface area contributed by atoms with Crippen LogP contribution >= 0.6 is 11.6 Å². The molecule has 0 atom stereocenters. The molecule has 0 radical (unpaired) electrons. The third-order valence-corrected chi connectivity index (χ3v) is 3.61. The van der Waals surface area contributed by atoms with E-state index in [-0.39, 0.29) is 24.4 Å². The number of carbonyl (C=O) groups is 2. The van der Waals surface area contributed by atoms with Crippen LogP contribution in [0.15, 0.2) is 18.2 Å². The van der Waals surface area contributed by atoms with Crippen LogP contribution in [0, 0.1) is 0 Å². The van der Waals surface area contributed by atoms with Crippen molar-refractivity contribution < 1.29 is 19.1 Å². The molecular formula is C17H21ClN2O4. The average Bonchev–Trinajstić information content (AvgIpc) is 3.35. The second-order valence-electron chi connectivity index (χ2n) is 5.36. The van der Waals surface area contributed by atoms with Crippen LogP contribution in [0.25, 0.3) is 6.08 Å². The Morgan fingerprint density at radius 2 is 2.12 bits per heavy atom. The van der Waals surface area contributed by atoms with Crippen LogP contribution in [-0.2, 0) is 9.59 Å². The number of methoxy groups -OCH3 is 1. The summed E-state index contributed by atoms with van der Waals surface area (Å²) >= 11 is 6.15. The highest BCUT2D eigenvalue weighted by atomic mass is 35.5. The van der Waals surface area contributed by atoms with Gasteiger partial charge in [0.05, 0.1) is 25.3 Å². The van der Waals surface area contributed by atoms with Gasteiger partial charge < -0.3 is 20.1 Å². The highest BCUT2D eigenvalue weighted by Crippen LogP contribution is 2.36. The molecule has 1 fully saturated rings. The lowest BCUT2D eigenvalue weighted by Crippen LogP contribution is -2.37. The summed E-state index contributed by atoms with van der Waals surface area (Å²) in [5.74, 6) is 0.435. The molecular weight excluding hydrogens is 332 g/mol. The van der Waals surface area contributed by atoms with Crippen LogP contribution in [0.1, 0.15) is 25.3 Å². The van der Waals surface area contributed by atoms with E-state index in [0.29, 0.717) is 28.7 Å². The second kappa shape index (κ2) is 8.59. The molecule has 1 aliphatic rings. The minimum Gasteiger partial charge on any atom is -0.491 e. The van der Waals surface area contributed by atoms with Crippen molar-refractivity contribution in [1.29, 1.82) is 0 Å². The van der Waals surface area contributed by atoms with Crippen molar-refractivity contribution in [3.8, 4) is 11.5 Å². The summed E-state index contributed by atoms with van der Waals surface area (Å²) in [6.07, 6.45) is 4.97. The number of rotatable bonds is 8. The molecule has 130 valence electrons. The fourth-order valence-electron chi connectivity index (χ4n) is 2.05. The zero-order valence-corrected chi connectivity index (χ0v) is 14.5.